The molecule has 1 aromatic carbocycles. The molecule has 0 radical (unpaired) electrons. The van der Waals surface area contributed by atoms with Crippen molar-refractivity contribution in [1.29, 1.82) is 0 Å². The number of nitrogens with zero attached hydrogens (tertiary/aromatic N) is 2. The maximum Gasteiger partial charge on any atom is 0.220 e. The van der Waals surface area contributed by atoms with Crippen molar-refractivity contribution in [2.45, 2.75) is 32.7 Å². The predicted molar refractivity (Wildman–Crippen MR) is 85.7 cm³/mol. The monoisotopic (exact) mass is 301 g/mol. The Kier molecular flexibility index (Phi) is 4.73. The van der Waals surface area contributed by atoms with E-state index in [0.717, 1.165) is 49.5 Å². The number of aromatic nitrogens is 2. The molecule has 2 aromatic rings. The average molecular weight is 301 g/mol. The molecule has 1 atom stereocenters. The summed E-state index contributed by atoms with van der Waals surface area (Å²) in [5, 5.41) is 3.01. The molecule has 1 aliphatic heterocycles. The highest BCUT2D eigenvalue weighted by Crippen LogP contribution is 2.17. The number of hydrogen-bond donors (Lipinski definition) is 1. The lowest BCUT2D eigenvalue weighted by Crippen LogP contribution is -2.28. The number of hydrogen-bond acceptors (Lipinski definition) is 3. The second kappa shape index (κ2) is 6.92. The van der Waals surface area contributed by atoms with Gasteiger partial charge in [-0.2, -0.15) is 0 Å². The van der Waals surface area contributed by atoms with E-state index in [-0.39, 0.29) is 5.91 Å². The van der Waals surface area contributed by atoms with Crippen molar-refractivity contribution in [2.75, 3.05) is 19.8 Å². The molecule has 22 heavy (non-hydrogen) atoms. The minimum Gasteiger partial charge on any atom is -0.381 e. The van der Waals surface area contributed by atoms with Crippen molar-refractivity contribution < 1.29 is 9.53 Å². The number of amides is 1. The summed E-state index contributed by atoms with van der Waals surface area (Å²) in [6, 6.07) is 8.16. The summed E-state index contributed by atoms with van der Waals surface area (Å²) in [4.78, 5) is 16.6. The van der Waals surface area contributed by atoms with Crippen LogP contribution in [-0.4, -0.2) is 35.2 Å². The molecule has 1 unspecified atom stereocenters. The highest BCUT2D eigenvalue weighted by atomic mass is 16.5. The van der Waals surface area contributed by atoms with Gasteiger partial charge in [-0.05, 0) is 31.4 Å². The van der Waals surface area contributed by atoms with Crippen LogP contribution in [0.25, 0.3) is 11.0 Å². The van der Waals surface area contributed by atoms with Crippen LogP contribution in [0.4, 0.5) is 0 Å². The third-order valence-electron chi connectivity index (χ3n) is 4.22. The standard InChI is InChI=1S/C17H23N3O2/c1-2-20-15-6-4-3-5-14(15)19-16(20)7-9-18-17(21)11-13-8-10-22-12-13/h3-6,13H,2,7-12H2,1H3,(H,18,21). The van der Waals surface area contributed by atoms with E-state index in [4.69, 9.17) is 4.74 Å². The minimum absolute atomic E-state index is 0.120. The van der Waals surface area contributed by atoms with E-state index >= 15 is 0 Å². The lowest BCUT2D eigenvalue weighted by atomic mass is 10.1. The van der Waals surface area contributed by atoms with Crippen molar-refractivity contribution in [3.8, 4) is 0 Å². The first kappa shape index (κ1) is 15.0. The van der Waals surface area contributed by atoms with Gasteiger partial charge in [-0.25, -0.2) is 4.98 Å². The van der Waals surface area contributed by atoms with E-state index in [1.54, 1.807) is 0 Å². The van der Waals surface area contributed by atoms with Crippen LogP contribution in [0, 0.1) is 5.92 Å². The molecular formula is C17H23N3O2. The van der Waals surface area contributed by atoms with Crippen molar-refractivity contribution in [2.24, 2.45) is 5.92 Å². The van der Waals surface area contributed by atoms with Gasteiger partial charge in [0.2, 0.25) is 5.91 Å². The van der Waals surface area contributed by atoms with E-state index < -0.39 is 0 Å². The zero-order chi connectivity index (χ0) is 15.4. The number of benzene rings is 1. The maximum atomic E-state index is 11.9. The number of imidazole rings is 1. The number of nitrogens with one attached hydrogen (secondary N) is 1. The van der Waals surface area contributed by atoms with Gasteiger partial charge in [0.25, 0.3) is 0 Å². The fraction of sp³-hybridized carbons (Fsp3) is 0.529. The van der Waals surface area contributed by atoms with Crippen molar-refractivity contribution >= 4 is 16.9 Å². The molecule has 0 aliphatic carbocycles. The van der Waals surface area contributed by atoms with Gasteiger partial charge in [0, 0.05) is 39.1 Å². The topological polar surface area (TPSA) is 56.2 Å². The molecule has 0 saturated carbocycles. The number of rotatable bonds is 6. The molecule has 0 bridgehead atoms. The molecule has 5 nitrogen and oxygen atoms in total. The summed E-state index contributed by atoms with van der Waals surface area (Å²) in [6.45, 7) is 5.16. The second-order valence-corrected chi connectivity index (χ2v) is 5.79. The van der Waals surface area contributed by atoms with Crippen LogP contribution < -0.4 is 5.32 Å². The molecule has 5 heteroatoms. The van der Waals surface area contributed by atoms with Gasteiger partial charge in [0.15, 0.2) is 0 Å². The number of para-hydroxylation sites is 2. The number of carbonyl (C=O) groups excluding carboxylic acids is 1. The summed E-state index contributed by atoms with van der Waals surface area (Å²) in [5.41, 5.74) is 2.18. The molecule has 1 fully saturated rings. The first-order chi connectivity index (χ1) is 10.8. The normalized spacial score (nSPS) is 18.0. The zero-order valence-corrected chi connectivity index (χ0v) is 13.0. The van der Waals surface area contributed by atoms with Gasteiger partial charge >= 0.3 is 0 Å². The Morgan fingerprint density at radius 2 is 2.32 bits per heavy atom. The highest BCUT2D eigenvalue weighted by molar-refractivity contribution is 5.77. The number of ether oxygens (including phenoxy) is 1. The molecule has 1 amide bonds. The van der Waals surface area contributed by atoms with E-state index in [1.165, 1.54) is 0 Å². The molecule has 118 valence electrons. The van der Waals surface area contributed by atoms with Crippen LogP contribution in [-0.2, 0) is 22.5 Å². The van der Waals surface area contributed by atoms with Gasteiger partial charge in [-0.1, -0.05) is 12.1 Å². The minimum atomic E-state index is 0.120. The highest BCUT2D eigenvalue weighted by Gasteiger charge is 2.19. The van der Waals surface area contributed by atoms with Crippen LogP contribution in [0.1, 0.15) is 25.6 Å². The SMILES string of the molecule is CCn1c(CCNC(=O)CC2CCOC2)nc2ccccc21. The Labute approximate surface area is 130 Å². The third kappa shape index (κ3) is 3.30. The number of fused-ring (bicyclic) bond motifs is 1. The molecule has 1 aliphatic rings. The molecule has 1 N–H and O–H groups in total. The Hall–Kier alpha value is -1.88. The number of aryl methyl sites for hydroxylation is 1. The molecule has 0 spiro atoms. The first-order valence-corrected chi connectivity index (χ1v) is 8.06. The van der Waals surface area contributed by atoms with Gasteiger partial charge in [-0.15, -0.1) is 0 Å². The molecule has 1 saturated heterocycles. The van der Waals surface area contributed by atoms with Gasteiger partial charge in [0.05, 0.1) is 11.0 Å². The van der Waals surface area contributed by atoms with Crippen molar-refractivity contribution in [3.05, 3.63) is 30.1 Å². The predicted octanol–water partition coefficient (Wildman–Crippen LogP) is 2.14. The van der Waals surface area contributed by atoms with Crippen molar-refractivity contribution in [1.82, 2.24) is 14.9 Å². The average Bonchev–Trinajstić information content (AvgIpc) is 3.14. The lowest BCUT2D eigenvalue weighted by Gasteiger charge is -2.09. The van der Waals surface area contributed by atoms with E-state index in [0.29, 0.717) is 18.9 Å². The molecular weight excluding hydrogens is 278 g/mol. The van der Waals surface area contributed by atoms with E-state index in [1.807, 2.05) is 18.2 Å². The van der Waals surface area contributed by atoms with Crippen molar-refractivity contribution in [3.63, 3.8) is 0 Å². The van der Waals surface area contributed by atoms with Crippen LogP contribution in [0.3, 0.4) is 0 Å². The Morgan fingerprint density at radius 1 is 1.45 bits per heavy atom. The van der Waals surface area contributed by atoms with Crippen LogP contribution in [0.2, 0.25) is 0 Å². The summed E-state index contributed by atoms with van der Waals surface area (Å²) in [6.07, 6.45) is 2.33. The van der Waals surface area contributed by atoms with Crippen LogP contribution in [0.5, 0.6) is 0 Å². The summed E-state index contributed by atoms with van der Waals surface area (Å²) in [5.74, 6) is 1.54. The quantitative estimate of drug-likeness (QED) is 0.889. The lowest BCUT2D eigenvalue weighted by molar-refractivity contribution is -0.122. The van der Waals surface area contributed by atoms with E-state index in [2.05, 4.69) is 27.9 Å². The third-order valence-corrected chi connectivity index (χ3v) is 4.22. The Balaban J connectivity index is 1.56. The Morgan fingerprint density at radius 3 is 3.09 bits per heavy atom. The number of carbonyl (C=O) groups is 1. The summed E-state index contributed by atoms with van der Waals surface area (Å²) < 4.78 is 7.52. The summed E-state index contributed by atoms with van der Waals surface area (Å²) in [7, 11) is 0. The molecule has 1 aromatic heterocycles. The van der Waals surface area contributed by atoms with Crippen LogP contribution in [0.15, 0.2) is 24.3 Å². The maximum absolute atomic E-state index is 11.9. The van der Waals surface area contributed by atoms with E-state index in [9.17, 15) is 4.79 Å². The smallest absolute Gasteiger partial charge is 0.220 e. The molecule has 3 rings (SSSR count). The zero-order valence-electron chi connectivity index (χ0n) is 13.0. The summed E-state index contributed by atoms with van der Waals surface area (Å²) >= 11 is 0. The Bertz CT molecular complexity index is 644. The largest absolute Gasteiger partial charge is 0.381 e. The van der Waals surface area contributed by atoms with Gasteiger partial charge < -0.3 is 14.6 Å². The van der Waals surface area contributed by atoms with Gasteiger partial charge in [-0.3, -0.25) is 4.79 Å². The van der Waals surface area contributed by atoms with Crippen LogP contribution >= 0.6 is 0 Å². The second-order valence-electron chi connectivity index (χ2n) is 5.79. The van der Waals surface area contributed by atoms with Gasteiger partial charge in [0.1, 0.15) is 5.82 Å². The fourth-order valence-corrected chi connectivity index (χ4v) is 3.06. The first-order valence-electron chi connectivity index (χ1n) is 8.06. The fourth-order valence-electron chi connectivity index (χ4n) is 3.06. The molecule has 2 heterocycles.